The fourth-order valence-electron chi connectivity index (χ4n) is 5.40. The normalized spacial score (nSPS) is 13.9. The maximum Gasteiger partial charge on any atom is 0.267 e. The van der Waals surface area contributed by atoms with Gasteiger partial charge >= 0.3 is 0 Å². The summed E-state index contributed by atoms with van der Waals surface area (Å²) >= 11 is 0. The van der Waals surface area contributed by atoms with Crippen molar-refractivity contribution in [2.24, 2.45) is 17.0 Å². The molecule has 0 saturated heterocycles. The van der Waals surface area contributed by atoms with Gasteiger partial charge in [0.15, 0.2) is 5.88 Å². The van der Waals surface area contributed by atoms with Gasteiger partial charge in [0.1, 0.15) is 24.0 Å². The second-order valence-electron chi connectivity index (χ2n) is 9.97. The standard InChI is InChI=1S/C31H23F2N7O2/c1-38-13-10-23(35-26(41)17-39-14-11-24(37-39)20-4-2-3-5-22(20)33)21-16-34-30-27-25(36-31(42)28(27)29(21)38)12-15-40(30)19-8-6-18(32)7-9-19/h2-14,16,36,42H,15,17H2,1H3. The molecule has 0 saturated carbocycles. The Hall–Kier alpha value is -5.58. The van der Waals surface area contributed by atoms with Crippen LogP contribution in [0.1, 0.15) is 5.56 Å². The SMILES string of the molecule is Cn1ccc(=NC(=O)Cn2ccc(-c3ccccc3F)n2)c2c1-c1c(O)[nH]c3c1=C(N=C2)N(c1ccc(F)cc1)CC=3. The minimum atomic E-state index is -0.471. The molecule has 0 unspecified atom stereocenters. The van der Waals surface area contributed by atoms with Gasteiger partial charge in [-0.2, -0.15) is 5.10 Å². The molecule has 2 aliphatic rings. The molecule has 7 rings (SSSR count). The second kappa shape index (κ2) is 9.81. The van der Waals surface area contributed by atoms with Gasteiger partial charge in [-0.15, -0.1) is 0 Å². The minimum Gasteiger partial charge on any atom is -0.494 e. The minimum absolute atomic E-state index is 0.0438. The van der Waals surface area contributed by atoms with Gasteiger partial charge in [-0.25, -0.2) is 18.8 Å². The first-order chi connectivity index (χ1) is 20.4. The molecule has 9 nitrogen and oxygen atoms in total. The molecule has 0 aliphatic carbocycles. The summed E-state index contributed by atoms with van der Waals surface area (Å²) in [6.07, 6.45) is 6.93. The molecule has 5 aromatic rings. The van der Waals surface area contributed by atoms with E-state index in [-0.39, 0.29) is 18.2 Å². The molecule has 1 amide bonds. The first kappa shape index (κ1) is 25.4. The Morgan fingerprint density at radius 2 is 1.88 bits per heavy atom. The largest absolute Gasteiger partial charge is 0.494 e. The van der Waals surface area contributed by atoms with E-state index in [1.807, 2.05) is 22.6 Å². The van der Waals surface area contributed by atoms with Gasteiger partial charge in [0.2, 0.25) is 0 Å². The third-order valence-corrected chi connectivity index (χ3v) is 7.33. The van der Waals surface area contributed by atoms with Gasteiger partial charge in [-0.3, -0.25) is 9.48 Å². The first-order valence-electron chi connectivity index (χ1n) is 13.2. The lowest BCUT2D eigenvalue weighted by molar-refractivity contribution is -0.118. The summed E-state index contributed by atoms with van der Waals surface area (Å²) in [5.41, 5.74) is 3.17. The Morgan fingerprint density at radius 3 is 2.69 bits per heavy atom. The number of carbonyl (C=O) groups excluding carboxylic acids is 1. The van der Waals surface area contributed by atoms with Gasteiger partial charge in [0.25, 0.3) is 5.91 Å². The smallest absolute Gasteiger partial charge is 0.267 e. The van der Waals surface area contributed by atoms with Crippen LogP contribution in [0.25, 0.3) is 34.4 Å². The Morgan fingerprint density at radius 1 is 1.07 bits per heavy atom. The van der Waals surface area contributed by atoms with E-state index in [0.29, 0.717) is 56.4 Å². The van der Waals surface area contributed by atoms with Crippen molar-refractivity contribution in [2.75, 3.05) is 11.4 Å². The molecule has 0 radical (unpaired) electrons. The maximum atomic E-state index is 14.2. The van der Waals surface area contributed by atoms with Crippen LogP contribution in [0.3, 0.4) is 0 Å². The average Bonchev–Trinajstić information content (AvgIpc) is 3.51. The molecule has 11 heteroatoms. The van der Waals surface area contributed by atoms with Crippen LogP contribution >= 0.6 is 0 Å². The van der Waals surface area contributed by atoms with Crippen LogP contribution < -0.4 is 20.8 Å². The van der Waals surface area contributed by atoms with Crippen molar-refractivity contribution in [3.05, 3.63) is 106 Å². The number of H-pyrrole nitrogens is 1. The molecule has 0 atom stereocenters. The molecular weight excluding hydrogens is 540 g/mol. The molecule has 0 fully saturated rings. The molecule has 5 heterocycles. The number of nitrogens with one attached hydrogen (secondary N) is 1. The average molecular weight is 564 g/mol. The number of hydrogen-bond acceptors (Lipinski definition) is 5. The molecular formula is C31H23F2N7O2. The number of pyridine rings is 1. The molecule has 208 valence electrons. The number of aromatic nitrogens is 4. The zero-order valence-electron chi connectivity index (χ0n) is 22.3. The van der Waals surface area contributed by atoms with Crippen LogP contribution in [0.5, 0.6) is 5.88 Å². The highest BCUT2D eigenvalue weighted by Gasteiger charge is 2.27. The van der Waals surface area contributed by atoms with Crippen LogP contribution in [0.2, 0.25) is 0 Å². The Labute approximate surface area is 237 Å². The lowest BCUT2D eigenvalue weighted by Gasteiger charge is -2.25. The van der Waals surface area contributed by atoms with Crippen molar-refractivity contribution in [2.45, 2.75) is 6.54 Å². The van der Waals surface area contributed by atoms with Crippen LogP contribution in [0, 0.1) is 11.6 Å². The van der Waals surface area contributed by atoms with E-state index in [0.717, 1.165) is 5.69 Å². The number of fused-ring (bicyclic) bond motifs is 2. The van der Waals surface area contributed by atoms with E-state index < -0.39 is 11.7 Å². The number of aromatic amines is 1. The summed E-state index contributed by atoms with van der Waals surface area (Å²) in [5.74, 6) is -0.692. The fourth-order valence-corrected chi connectivity index (χ4v) is 5.40. The number of nitrogens with zero attached hydrogens (tertiary/aromatic N) is 6. The van der Waals surface area contributed by atoms with Crippen molar-refractivity contribution in [3.63, 3.8) is 0 Å². The lowest BCUT2D eigenvalue weighted by atomic mass is 10.1. The fraction of sp³-hybridized carbons (Fsp3) is 0.0968. The number of aliphatic imine (C=N–C) groups is 1. The van der Waals surface area contributed by atoms with Gasteiger partial charge in [-0.1, -0.05) is 12.1 Å². The third kappa shape index (κ3) is 4.22. The number of anilines is 1. The topological polar surface area (TPSA) is 104 Å². The highest BCUT2D eigenvalue weighted by molar-refractivity contribution is 5.96. The summed E-state index contributed by atoms with van der Waals surface area (Å²) in [4.78, 5) is 27.2. The van der Waals surface area contributed by atoms with E-state index >= 15 is 0 Å². The highest BCUT2D eigenvalue weighted by atomic mass is 19.1. The third-order valence-electron chi connectivity index (χ3n) is 7.33. The number of hydrogen-bond donors (Lipinski definition) is 2. The molecule has 0 spiro atoms. The summed E-state index contributed by atoms with van der Waals surface area (Å²) < 4.78 is 31.1. The Balaban J connectivity index is 1.30. The Bertz CT molecular complexity index is 2120. The van der Waals surface area contributed by atoms with E-state index in [4.69, 9.17) is 4.99 Å². The molecule has 42 heavy (non-hydrogen) atoms. The Kier molecular flexibility index (Phi) is 5.93. The first-order valence-corrected chi connectivity index (χ1v) is 13.2. The van der Waals surface area contributed by atoms with Crippen LogP contribution in [-0.4, -0.2) is 43.1 Å². The van der Waals surface area contributed by atoms with E-state index in [2.05, 4.69) is 15.1 Å². The van der Waals surface area contributed by atoms with E-state index in [1.165, 1.54) is 22.9 Å². The molecule has 2 aromatic carbocycles. The van der Waals surface area contributed by atoms with Crippen LogP contribution in [-0.2, 0) is 18.4 Å². The van der Waals surface area contributed by atoms with Crippen molar-refractivity contribution in [1.29, 1.82) is 0 Å². The predicted molar refractivity (Wildman–Crippen MR) is 154 cm³/mol. The van der Waals surface area contributed by atoms with Crippen LogP contribution in [0.15, 0.2) is 83.0 Å². The number of amides is 1. The van der Waals surface area contributed by atoms with Crippen molar-refractivity contribution < 1.29 is 18.7 Å². The van der Waals surface area contributed by atoms with Gasteiger partial charge in [0, 0.05) is 49.0 Å². The zero-order chi connectivity index (χ0) is 29.0. The molecule has 3 aromatic heterocycles. The van der Waals surface area contributed by atoms with E-state index in [9.17, 15) is 18.7 Å². The monoisotopic (exact) mass is 563 g/mol. The number of rotatable bonds is 4. The molecule has 0 bridgehead atoms. The number of carbonyl (C=O) groups is 1. The summed E-state index contributed by atoms with van der Waals surface area (Å²) in [7, 11) is 1.83. The van der Waals surface area contributed by atoms with Crippen LogP contribution in [0.4, 0.5) is 14.5 Å². The zero-order valence-corrected chi connectivity index (χ0v) is 22.3. The molecule has 2 N–H and O–H groups in total. The van der Waals surface area contributed by atoms with Crippen molar-refractivity contribution in [3.8, 4) is 28.4 Å². The summed E-state index contributed by atoms with van der Waals surface area (Å²) in [5, 5.41) is 17.2. The molecule has 2 aliphatic heterocycles. The van der Waals surface area contributed by atoms with E-state index in [1.54, 1.807) is 61.1 Å². The maximum absolute atomic E-state index is 14.2. The lowest BCUT2D eigenvalue weighted by Crippen LogP contribution is -2.39. The predicted octanol–water partition coefficient (Wildman–Crippen LogP) is 2.79. The van der Waals surface area contributed by atoms with Gasteiger partial charge in [-0.05, 0) is 54.6 Å². The summed E-state index contributed by atoms with van der Waals surface area (Å²) in [6, 6.07) is 15.8. The van der Waals surface area contributed by atoms with Crippen molar-refractivity contribution >= 4 is 29.7 Å². The number of aryl methyl sites for hydroxylation is 1. The van der Waals surface area contributed by atoms with Crippen molar-refractivity contribution in [1.82, 2.24) is 19.3 Å². The number of benzene rings is 2. The summed E-state index contributed by atoms with van der Waals surface area (Å²) in [6.45, 7) is 0.290. The van der Waals surface area contributed by atoms with Gasteiger partial charge < -0.3 is 19.6 Å². The second-order valence-corrected chi connectivity index (χ2v) is 9.97. The highest BCUT2D eigenvalue weighted by Crippen LogP contribution is 2.30. The number of halogens is 2. The van der Waals surface area contributed by atoms with Gasteiger partial charge in [0.05, 0.1) is 32.9 Å². The quantitative estimate of drug-likeness (QED) is 0.351. The number of aromatic hydroxyl groups is 1.